The molecule has 1 atom stereocenters. The summed E-state index contributed by atoms with van der Waals surface area (Å²) in [6.07, 6.45) is 2.97. The topological polar surface area (TPSA) is 114 Å². The van der Waals surface area contributed by atoms with Crippen LogP contribution >= 0.6 is 11.3 Å². The lowest BCUT2D eigenvalue weighted by molar-refractivity contribution is -0.142. The van der Waals surface area contributed by atoms with Crippen LogP contribution in [0.4, 0.5) is 5.13 Å². The Bertz CT molecular complexity index is 1070. The van der Waals surface area contributed by atoms with Crippen molar-refractivity contribution in [1.29, 1.82) is 0 Å². The molecule has 3 amide bonds. The Labute approximate surface area is 202 Å². The van der Waals surface area contributed by atoms with Crippen molar-refractivity contribution >= 4 is 34.2 Å². The summed E-state index contributed by atoms with van der Waals surface area (Å²) in [6, 6.07) is 9.38. The number of hydrogen-bond acceptors (Lipinski definition) is 7. The first-order valence-corrected chi connectivity index (χ1v) is 11.7. The number of furan rings is 1. The molecule has 9 nitrogen and oxygen atoms in total. The van der Waals surface area contributed by atoms with Crippen molar-refractivity contribution < 1.29 is 23.5 Å². The SMILES string of the molecule is COc1ccc(C(C(=O)NC(C)C)N(Cc2ccco2)C(=O)CCC(=O)Nc2nccs2)cc1. The molecule has 0 bridgehead atoms. The lowest BCUT2D eigenvalue weighted by Crippen LogP contribution is -2.45. The number of aromatic nitrogens is 1. The number of thiazole rings is 1. The number of ether oxygens (including phenoxy) is 1. The van der Waals surface area contributed by atoms with E-state index < -0.39 is 6.04 Å². The van der Waals surface area contributed by atoms with E-state index in [2.05, 4.69) is 15.6 Å². The molecule has 3 aromatic rings. The Morgan fingerprint density at radius 2 is 1.91 bits per heavy atom. The molecule has 0 radical (unpaired) electrons. The first kappa shape index (κ1) is 25.0. The van der Waals surface area contributed by atoms with Crippen LogP contribution in [0.25, 0.3) is 0 Å². The van der Waals surface area contributed by atoms with Gasteiger partial charge in [-0.25, -0.2) is 4.98 Å². The van der Waals surface area contributed by atoms with E-state index in [9.17, 15) is 14.4 Å². The number of rotatable bonds is 11. The number of nitrogens with one attached hydrogen (secondary N) is 2. The van der Waals surface area contributed by atoms with Crippen LogP contribution in [-0.2, 0) is 20.9 Å². The molecule has 0 saturated carbocycles. The average molecular weight is 485 g/mol. The second kappa shape index (κ2) is 12.0. The number of amides is 3. The molecule has 0 aliphatic rings. The van der Waals surface area contributed by atoms with E-state index in [0.29, 0.717) is 22.2 Å². The third-order valence-electron chi connectivity index (χ3n) is 4.89. The van der Waals surface area contributed by atoms with E-state index in [1.54, 1.807) is 55.1 Å². The van der Waals surface area contributed by atoms with Gasteiger partial charge in [0.1, 0.15) is 17.6 Å². The third kappa shape index (κ3) is 6.92. The highest BCUT2D eigenvalue weighted by atomic mass is 32.1. The number of benzene rings is 1. The van der Waals surface area contributed by atoms with Gasteiger partial charge < -0.3 is 24.7 Å². The fraction of sp³-hybridized carbons (Fsp3) is 0.333. The highest BCUT2D eigenvalue weighted by molar-refractivity contribution is 7.13. The first-order valence-electron chi connectivity index (χ1n) is 10.8. The third-order valence-corrected chi connectivity index (χ3v) is 5.58. The summed E-state index contributed by atoms with van der Waals surface area (Å²) >= 11 is 1.30. The van der Waals surface area contributed by atoms with Gasteiger partial charge in [-0.15, -0.1) is 11.3 Å². The van der Waals surface area contributed by atoms with Crippen LogP contribution in [0, 0.1) is 0 Å². The second-order valence-electron chi connectivity index (χ2n) is 7.83. The van der Waals surface area contributed by atoms with Gasteiger partial charge in [-0.3, -0.25) is 14.4 Å². The molecule has 1 aromatic carbocycles. The highest BCUT2D eigenvalue weighted by Crippen LogP contribution is 2.27. The van der Waals surface area contributed by atoms with E-state index in [4.69, 9.17) is 9.15 Å². The monoisotopic (exact) mass is 484 g/mol. The van der Waals surface area contributed by atoms with Crippen molar-refractivity contribution in [2.45, 2.75) is 45.3 Å². The second-order valence-corrected chi connectivity index (χ2v) is 8.72. The zero-order valence-corrected chi connectivity index (χ0v) is 20.1. The normalized spacial score (nSPS) is 11.6. The van der Waals surface area contributed by atoms with Gasteiger partial charge in [-0.05, 0) is 43.7 Å². The Morgan fingerprint density at radius 1 is 1.15 bits per heavy atom. The lowest BCUT2D eigenvalue weighted by atomic mass is 10.0. The molecule has 0 fully saturated rings. The summed E-state index contributed by atoms with van der Waals surface area (Å²) in [5.41, 5.74) is 0.617. The molecule has 34 heavy (non-hydrogen) atoms. The molecule has 0 aliphatic heterocycles. The minimum absolute atomic E-state index is 0.0474. The largest absolute Gasteiger partial charge is 0.497 e. The maximum atomic E-state index is 13.4. The summed E-state index contributed by atoms with van der Waals surface area (Å²) in [5.74, 6) is 0.151. The van der Waals surface area contributed by atoms with E-state index in [1.165, 1.54) is 22.5 Å². The van der Waals surface area contributed by atoms with Gasteiger partial charge in [0, 0.05) is 30.5 Å². The highest BCUT2D eigenvalue weighted by Gasteiger charge is 2.32. The smallest absolute Gasteiger partial charge is 0.247 e. The average Bonchev–Trinajstić information content (AvgIpc) is 3.51. The van der Waals surface area contributed by atoms with Crippen molar-refractivity contribution in [2.75, 3.05) is 12.4 Å². The summed E-state index contributed by atoms with van der Waals surface area (Å²) in [5, 5.41) is 7.79. The van der Waals surface area contributed by atoms with Crippen LogP contribution in [0.15, 0.2) is 58.7 Å². The van der Waals surface area contributed by atoms with E-state index in [0.717, 1.165) is 0 Å². The minimum atomic E-state index is -0.923. The first-order chi connectivity index (χ1) is 16.4. The van der Waals surface area contributed by atoms with Gasteiger partial charge in [0.2, 0.25) is 17.7 Å². The molecule has 10 heteroatoms. The van der Waals surface area contributed by atoms with Gasteiger partial charge in [0.25, 0.3) is 0 Å². The van der Waals surface area contributed by atoms with Gasteiger partial charge in [0.15, 0.2) is 5.13 Å². The number of anilines is 1. The van der Waals surface area contributed by atoms with Crippen LogP contribution in [0.5, 0.6) is 5.75 Å². The molecule has 0 spiro atoms. The zero-order valence-electron chi connectivity index (χ0n) is 19.3. The van der Waals surface area contributed by atoms with E-state index in [1.807, 2.05) is 13.8 Å². The van der Waals surface area contributed by atoms with Crippen molar-refractivity contribution in [3.8, 4) is 5.75 Å². The Hall–Kier alpha value is -3.66. The summed E-state index contributed by atoms with van der Waals surface area (Å²) in [6.45, 7) is 3.78. The number of hydrogen-bond donors (Lipinski definition) is 2. The molecule has 2 heterocycles. The molecule has 0 saturated heterocycles. The number of carbonyl (C=O) groups is 3. The molecule has 1 unspecified atom stereocenters. The van der Waals surface area contributed by atoms with Crippen molar-refractivity contribution in [2.24, 2.45) is 0 Å². The number of carbonyl (C=O) groups excluding carboxylic acids is 3. The van der Waals surface area contributed by atoms with Crippen LogP contribution in [0.3, 0.4) is 0 Å². The van der Waals surface area contributed by atoms with Crippen molar-refractivity contribution in [3.63, 3.8) is 0 Å². The fourth-order valence-corrected chi connectivity index (χ4v) is 3.89. The molecular weight excluding hydrogens is 456 g/mol. The van der Waals surface area contributed by atoms with E-state index >= 15 is 0 Å². The number of nitrogens with zero attached hydrogens (tertiary/aromatic N) is 2. The van der Waals surface area contributed by atoms with Gasteiger partial charge in [-0.2, -0.15) is 0 Å². The molecule has 0 aliphatic carbocycles. The lowest BCUT2D eigenvalue weighted by Gasteiger charge is -2.31. The maximum Gasteiger partial charge on any atom is 0.247 e. The summed E-state index contributed by atoms with van der Waals surface area (Å²) < 4.78 is 10.7. The summed E-state index contributed by atoms with van der Waals surface area (Å²) in [7, 11) is 1.56. The van der Waals surface area contributed by atoms with Crippen molar-refractivity contribution in [1.82, 2.24) is 15.2 Å². The zero-order chi connectivity index (χ0) is 24.5. The maximum absolute atomic E-state index is 13.4. The predicted octanol–water partition coefficient (Wildman–Crippen LogP) is 3.76. The Balaban J connectivity index is 1.85. The molecule has 3 rings (SSSR count). The molecule has 2 aromatic heterocycles. The van der Waals surface area contributed by atoms with Crippen LogP contribution in [0.1, 0.15) is 44.1 Å². The molecule has 180 valence electrons. The van der Waals surface area contributed by atoms with Crippen molar-refractivity contribution in [3.05, 3.63) is 65.6 Å². The quantitative estimate of drug-likeness (QED) is 0.428. The predicted molar refractivity (Wildman–Crippen MR) is 128 cm³/mol. The van der Waals surface area contributed by atoms with Gasteiger partial charge >= 0.3 is 0 Å². The van der Waals surface area contributed by atoms with Crippen LogP contribution < -0.4 is 15.4 Å². The van der Waals surface area contributed by atoms with Crippen LogP contribution in [-0.4, -0.2) is 40.8 Å². The number of methoxy groups -OCH3 is 1. The van der Waals surface area contributed by atoms with Gasteiger partial charge in [0.05, 0.1) is 19.9 Å². The van der Waals surface area contributed by atoms with Crippen LogP contribution in [0.2, 0.25) is 0 Å². The fourth-order valence-electron chi connectivity index (χ4n) is 3.35. The summed E-state index contributed by atoms with van der Waals surface area (Å²) in [4.78, 5) is 44.4. The van der Waals surface area contributed by atoms with E-state index in [-0.39, 0.29) is 43.1 Å². The minimum Gasteiger partial charge on any atom is -0.497 e. The Kier molecular flexibility index (Phi) is 8.80. The standard InChI is InChI=1S/C24H28N4O5S/c1-16(2)26-23(31)22(17-6-8-18(32-3)9-7-17)28(15-19-5-4-13-33-19)21(30)11-10-20(29)27-24-25-12-14-34-24/h4-9,12-14,16,22H,10-11,15H2,1-3H3,(H,26,31)(H,25,27,29). The van der Waals surface area contributed by atoms with Gasteiger partial charge in [-0.1, -0.05) is 12.1 Å². The molecular formula is C24H28N4O5S. The molecule has 2 N–H and O–H groups in total. The Morgan fingerprint density at radius 3 is 2.50 bits per heavy atom.